The van der Waals surface area contributed by atoms with E-state index in [0.717, 1.165) is 31.4 Å². The van der Waals surface area contributed by atoms with Crippen molar-refractivity contribution in [3.05, 3.63) is 66.2 Å². The van der Waals surface area contributed by atoms with Crippen LogP contribution in [0.1, 0.15) is 89.0 Å². The Hall–Kier alpha value is -5.72. The average Bonchev–Trinajstić information content (AvgIpc) is 4.06. The number of carbonyl (C=O) groups excluding carboxylic acids is 4. The Labute approximate surface area is 360 Å². The van der Waals surface area contributed by atoms with Crippen LogP contribution in [0.15, 0.2) is 65.1 Å². The summed E-state index contributed by atoms with van der Waals surface area (Å²) in [6, 6.07) is 9.06. The summed E-state index contributed by atoms with van der Waals surface area (Å²) in [6.45, 7) is -0.212. The van der Waals surface area contributed by atoms with Crippen LogP contribution in [-0.2, 0) is 35.3 Å². The van der Waals surface area contributed by atoms with Gasteiger partial charge in [-0.2, -0.15) is 18.2 Å². The Morgan fingerprint density at radius 2 is 1.71 bits per heavy atom. The quantitative estimate of drug-likeness (QED) is 0.164. The van der Waals surface area contributed by atoms with Crippen LogP contribution in [0.4, 0.5) is 18.0 Å². The van der Waals surface area contributed by atoms with Crippen molar-refractivity contribution >= 4 is 55.9 Å². The zero-order valence-electron chi connectivity index (χ0n) is 34.2. The topological polar surface area (TPSA) is 199 Å². The summed E-state index contributed by atoms with van der Waals surface area (Å²) in [7, 11) is -3.98. The first kappa shape index (κ1) is 42.6. The molecule has 2 aromatic heterocycles. The lowest BCUT2D eigenvalue weighted by Gasteiger charge is -2.30. The molecular formula is C44H47F3N6O9S. The standard InChI is InChI=1S/C44H47F3N6O9S/c45-44(46,47)26-13-10-11-25(21-26)37-49-35-31-16-8-9-18-34(31)62-36(35)39(50-37)60-29-22-33-38(54)51-43(41(56)52-63(58,59)30-19-20-30)23-27(43)12-4-2-1-3-5-17-32(40(55)53(33)24-29)48-42(57)61-28-14-6-7-15-28/h4,8-13,16,18,21,27-30,32-33H,1-3,5-7,14-15,17,19-20,22-24H2,(H,48,57)(H,51,54)(H,52,56)/b12-4-/t27-,29+,32-,33-,43+/m0/s1. The lowest BCUT2D eigenvalue weighted by molar-refractivity contribution is -0.141. The third-order valence-electron chi connectivity index (χ3n) is 12.6. The molecule has 0 spiro atoms. The number of amides is 4. The second-order valence-corrected chi connectivity index (χ2v) is 19.2. The van der Waals surface area contributed by atoms with Gasteiger partial charge in [0, 0.05) is 23.3 Å². The van der Waals surface area contributed by atoms with Crippen molar-refractivity contribution in [2.75, 3.05) is 6.54 Å². The van der Waals surface area contributed by atoms with Gasteiger partial charge in [-0.3, -0.25) is 19.1 Å². The second kappa shape index (κ2) is 16.8. The smallest absolute Gasteiger partial charge is 0.416 e. The number of para-hydroxylation sites is 1. The molecule has 63 heavy (non-hydrogen) atoms. The summed E-state index contributed by atoms with van der Waals surface area (Å²) in [5.74, 6) is -2.96. The van der Waals surface area contributed by atoms with E-state index in [4.69, 9.17) is 13.9 Å². The van der Waals surface area contributed by atoms with E-state index in [2.05, 4.69) is 25.3 Å². The number of fused-ring (bicyclic) bond motifs is 5. The van der Waals surface area contributed by atoms with Gasteiger partial charge in [0.25, 0.3) is 11.8 Å². The van der Waals surface area contributed by atoms with Crippen molar-refractivity contribution in [3.63, 3.8) is 0 Å². The largest absolute Gasteiger partial charge is 0.470 e. The average molecular weight is 893 g/mol. The molecule has 2 aliphatic heterocycles. The number of rotatable bonds is 8. The minimum atomic E-state index is -4.64. The summed E-state index contributed by atoms with van der Waals surface area (Å²) in [5, 5.41) is 5.44. The molecule has 0 unspecified atom stereocenters. The van der Waals surface area contributed by atoms with Crippen LogP contribution in [0.3, 0.4) is 0 Å². The first-order chi connectivity index (χ1) is 30.2. The number of sulfonamides is 1. The number of alkyl carbamates (subject to hydrolysis) is 1. The van der Waals surface area contributed by atoms with E-state index in [1.165, 1.54) is 17.0 Å². The molecule has 9 rings (SSSR count). The van der Waals surface area contributed by atoms with Gasteiger partial charge in [-0.05, 0) is 88.5 Å². The molecule has 3 N–H and O–H groups in total. The van der Waals surface area contributed by atoms with E-state index in [0.29, 0.717) is 55.9 Å². The summed E-state index contributed by atoms with van der Waals surface area (Å²) in [5.41, 5.74) is -1.72. The number of halogens is 3. The van der Waals surface area contributed by atoms with Gasteiger partial charge >= 0.3 is 12.3 Å². The number of hydrogen-bond acceptors (Lipinski definition) is 11. The number of furan rings is 1. The molecule has 5 aliphatic rings. The Morgan fingerprint density at radius 1 is 0.937 bits per heavy atom. The number of hydrogen-bond donors (Lipinski definition) is 3. The highest BCUT2D eigenvalue weighted by Gasteiger charge is 2.62. The van der Waals surface area contributed by atoms with Crippen LogP contribution in [0, 0.1) is 5.92 Å². The molecule has 5 atom stereocenters. The fourth-order valence-corrected chi connectivity index (χ4v) is 10.3. The molecule has 15 nitrogen and oxygen atoms in total. The van der Waals surface area contributed by atoms with Crippen molar-refractivity contribution in [2.45, 2.75) is 125 Å². The van der Waals surface area contributed by atoms with Crippen LogP contribution in [0.2, 0.25) is 0 Å². The Kier molecular flexibility index (Phi) is 11.3. The van der Waals surface area contributed by atoms with Crippen molar-refractivity contribution < 1.29 is 54.7 Å². The summed E-state index contributed by atoms with van der Waals surface area (Å²) in [6.07, 6.45) is 3.99. The molecule has 0 radical (unpaired) electrons. The van der Waals surface area contributed by atoms with Gasteiger partial charge in [0.1, 0.15) is 40.9 Å². The lowest BCUT2D eigenvalue weighted by atomic mass is 10.0. The van der Waals surface area contributed by atoms with Crippen LogP contribution in [0.25, 0.3) is 33.5 Å². The Bertz CT molecular complexity index is 2590. The molecule has 4 fully saturated rings. The van der Waals surface area contributed by atoms with Gasteiger partial charge in [0.15, 0.2) is 5.82 Å². The van der Waals surface area contributed by atoms with E-state index in [1.807, 2.05) is 12.2 Å². The van der Waals surface area contributed by atoms with Crippen LogP contribution >= 0.6 is 0 Å². The predicted molar refractivity (Wildman–Crippen MR) is 221 cm³/mol. The van der Waals surface area contributed by atoms with E-state index in [-0.39, 0.29) is 60.3 Å². The summed E-state index contributed by atoms with van der Waals surface area (Å²) in [4.78, 5) is 66.9. The first-order valence-electron chi connectivity index (χ1n) is 21.5. The summed E-state index contributed by atoms with van der Waals surface area (Å²) >= 11 is 0. The monoisotopic (exact) mass is 892 g/mol. The Morgan fingerprint density at radius 3 is 2.49 bits per heavy atom. The molecule has 334 valence electrons. The highest BCUT2D eigenvalue weighted by atomic mass is 32.2. The van der Waals surface area contributed by atoms with Crippen molar-refractivity contribution in [1.29, 1.82) is 0 Å². The van der Waals surface area contributed by atoms with Gasteiger partial charge in [-0.15, -0.1) is 0 Å². The number of carbonyl (C=O) groups is 4. The van der Waals surface area contributed by atoms with Gasteiger partial charge < -0.3 is 29.4 Å². The molecule has 1 saturated heterocycles. The van der Waals surface area contributed by atoms with Crippen LogP contribution in [0.5, 0.6) is 5.88 Å². The van der Waals surface area contributed by atoms with Crippen LogP contribution < -0.4 is 20.1 Å². The molecule has 4 amide bonds. The minimum Gasteiger partial charge on any atom is -0.470 e. The molecular weight excluding hydrogens is 846 g/mol. The van der Waals surface area contributed by atoms with Crippen LogP contribution in [-0.4, -0.2) is 88.7 Å². The second-order valence-electron chi connectivity index (χ2n) is 17.2. The maximum absolute atomic E-state index is 14.8. The van der Waals surface area contributed by atoms with Gasteiger partial charge in [0.2, 0.25) is 27.4 Å². The van der Waals surface area contributed by atoms with E-state index in [9.17, 15) is 40.8 Å². The van der Waals surface area contributed by atoms with Crippen molar-refractivity contribution in [2.24, 2.45) is 5.92 Å². The zero-order valence-corrected chi connectivity index (χ0v) is 35.0. The molecule has 4 heterocycles. The zero-order chi connectivity index (χ0) is 44.1. The van der Waals surface area contributed by atoms with Crippen molar-refractivity contribution in [3.8, 4) is 17.3 Å². The van der Waals surface area contributed by atoms with Crippen molar-refractivity contribution in [1.82, 2.24) is 30.2 Å². The Balaban J connectivity index is 1.06. The van der Waals surface area contributed by atoms with Gasteiger partial charge in [-0.1, -0.05) is 49.3 Å². The number of ether oxygens (including phenoxy) is 2. The first-order valence-corrected chi connectivity index (χ1v) is 23.1. The lowest BCUT2D eigenvalue weighted by Crippen LogP contribution is -2.58. The maximum atomic E-state index is 14.8. The molecule has 3 aliphatic carbocycles. The number of alkyl halides is 3. The van der Waals surface area contributed by atoms with Gasteiger partial charge in [0.05, 0.1) is 17.4 Å². The van der Waals surface area contributed by atoms with E-state index >= 15 is 0 Å². The number of nitrogens with one attached hydrogen (secondary N) is 3. The van der Waals surface area contributed by atoms with E-state index < -0.39 is 80.5 Å². The normalized spacial score (nSPS) is 26.6. The molecule has 0 bridgehead atoms. The third kappa shape index (κ3) is 8.93. The molecule has 19 heteroatoms. The highest BCUT2D eigenvalue weighted by Crippen LogP contribution is 2.46. The number of nitrogens with zero attached hydrogens (tertiary/aromatic N) is 3. The van der Waals surface area contributed by atoms with Gasteiger partial charge in [-0.25, -0.2) is 18.2 Å². The predicted octanol–water partition coefficient (Wildman–Crippen LogP) is 6.45. The highest BCUT2D eigenvalue weighted by molar-refractivity contribution is 7.91. The molecule has 3 saturated carbocycles. The summed E-state index contributed by atoms with van der Waals surface area (Å²) < 4.78 is 87.9. The third-order valence-corrected chi connectivity index (χ3v) is 14.4. The maximum Gasteiger partial charge on any atom is 0.416 e. The fraction of sp³-hybridized carbons (Fsp3) is 0.500. The number of allylic oxidation sites excluding steroid dienone is 1. The molecule has 2 aromatic carbocycles. The van der Waals surface area contributed by atoms with E-state index in [1.54, 1.807) is 24.3 Å². The SMILES string of the molecule is O=C(N[C@H]1CCCCC/C=C\[C@H]2C[C@@]2(C(=O)NS(=O)(=O)C2CC2)NC(=O)[C@@H]2C[C@@H](Oc3nc(-c4cccc(C(F)(F)F)c4)nc4c3oc3ccccc34)CN2C1=O)OC1CCCC1. The fourth-order valence-electron chi connectivity index (χ4n) is 8.95. The molecule has 4 aromatic rings. The number of benzene rings is 2. The number of aromatic nitrogens is 2. The minimum absolute atomic E-state index is 0.0502.